The van der Waals surface area contributed by atoms with Gasteiger partial charge in [-0.1, -0.05) is 12.1 Å². The Balaban J connectivity index is 2.43. The zero-order valence-corrected chi connectivity index (χ0v) is 12.0. The summed E-state index contributed by atoms with van der Waals surface area (Å²) in [6, 6.07) is 9.54. The summed E-state index contributed by atoms with van der Waals surface area (Å²) >= 11 is 0. The molecule has 2 N–H and O–H groups in total. The topological polar surface area (TPSA) is 63.1 Å². The molecule has 0 atom stereocenters. The number of hydrogen-bond acceptors (Lipinski definition) is 4. The van der Waals surface area contributed by atoms with Crippen molar-refractivity contribution in [1.29, 1.82) is 0 Å². The van der Waals surface area contributed by atoms with Gasteiger partial charge in [0, 0.05) is 0 Å². The van der Waals surface area contributed by atoms with Gasteiger partial charge in [-0.05, 0) is 30.3 Å². The smallest absolute Gasteiger partial charge is 0.416 e. The van der Waals surface area contributed by atoms with Crippen LogP contribution in [0.15, 0.2) is 47.5 Å². The molecule has 23 heavy (non-hydrogen) atoms. The Bertz CT molecular complexity index is 703. The highest BCUT2D eigenvalue weighted by Gasteiger charge is 2.31. The lowest BCUT2D eigenvalue weighted by atomic mass is 10.2. The van der Waals surface area contributed by atoms with Gasteiger partial charge >= 0.3 is 6.18 Å². The lowest BCUT2D eigenvalue weighted by Gasteiger charge is -2.13. The van der Waals surface area contributed by atoms with Crippen LogP contribution in [-0.2, 0) is 6.18 Å². The van der Waals surface area contributed by atoms with E-state index in [4.69, 9.17) is 14.7 Å². The SMILES string of the molecule is COc1ccccc1Oc1ccc(C(F)(F)F)cc1N=CNO. The van der Waals surface area contributed by atoms with E-state index in [1.54, 1.807) is 29.7 Å². The van der Waals surface area contributed by atoms with E-state index < -0.39 is 11.7 Å². The van der Waals surface area contributed by atoms with Crippen molar-refractivity contribution in [3.63, 3.8) is 0 Å². The first-order valence-corrected chi connectivity index (χ1v) is 6.40. The van der Waals surface area contributed by atoms with Crippen LogP contribution in [-0.4, -0.2) is 18.7 Å². The standard InChI is InChI=1S/C15H13F3N2O3/c1-22-13-4-2-3-5-14(13)23-12-7-6-10(15(16,17)18)8-11(12)19-9-20-21/h2-9,21H,1H3,(H,19,20). The first-order valence-electron chi connectivity index (χ1n) is 6.40. The van der Waals surface area contributed by atoms with E-state index in [1.807, 2.05) is 0 Å². The third-order valence-electron chi connectivity index (χ3n) is 2.84. The van der Waals surface area contributed by atoms with Crippen LogP contribution in [0.2, 0.25) is 0 Å². The molecule has 0 aliphatic carbocycles. The monoisotopic (exact) mass is 326 g/mol. The Morgan fingerprint density at radius 3 is 2.39 bits per heavy atom. The number of rotatable bonds is 5. The molecular weight excluding hydrogens is 313 g/mol. The van der Waals surface area contributed by atoms with E-state index in [2.05, 4.69) is 4.99 Å². The summed E-state index contributed by atoms with van der Waals surface area (Å²) in [7, 11) is 1.45. The van der Waals surface area contributed by atoms with Crippen molar-refractivity contribution in [1.82, 2.24) is 5.48 Å². The molecule has 0 bridgehead atoms. The molecule has 122 valence electrons. The lowest BCUT2D eigenvalue weighted by molar-refractivity contribution is -0.137. The number of ether oxygens (including phenoxy) is 2. The number of methoxy groups -OCH3 is 1. The van der Waals surface area contributed by atoms with Crippen LogP contribution in [0.3, 0.4) is 0 Å². The maximum Gasteiger partial charge on any atom is 0.416 e. The fourth-order valence-corrected chi connectivity index (χ4v) is 1.80. The number of benzene rings is 2. The highest BCUT2D eigenvalue weighted by Crippen LogP contribution is 2.39. The van der Waals surface area contributed by atoms with Gasteiger partial charge in [0.1, 0.15) is 12.0 Å². The highest BCUT2D eigenvalue weighted by atomic mass is 19.4. The van der Waals surface area contributed by atoms with Gasteiger partial charge in [0.15, 0.2) is 17.2 Å². The van der Waals surface area contributed by atoms with E-state index in [0.29, 0.717) is 11.5 Å². The fourth-order valence-electron chi connectivity index (χ4n) is 1.80. The van der Waals surface area contributed by atoms with Crippen molar-refractivity contribution >= 4 is 12.0 Å². The molecule has 0 aromatic heterocycles. The van der Waals surface area contributed by atoms with Crippen LogP contribution in [0.5, 0.6) is 17.2 Å². The predicted molar refractivity (Wildman–Crippen MR) is 77.6 cm³/mol. The average molecular weight is 326 g/mol. The number of alkyl halides is 3. The molecule has 0 saturated heterocycles. The molecule has 2 aromatic rings. The first-order chi connectivity index (χ1) is 11.0. The minimum Gasteiger partial charge on any atom is -0.493 e. The van der Waals surface area contributed by atoms with E-state index in [-0.39, 0.29) is 11.4 Å². The summed E-state index contributed by atoms with van der Waals surface area (Å²) in [4.78, 5) is 3.70. The van der Waals surface area contributed by atoms with Crippen molar-refractivity contribution in [2.75, 3.05) is 7.11 Å². The zero-order valence-electron chi connectivity index (χ0n) is 12.0. The molecule has 0 amide bonds. The lowest BCUT2D eigenvalue weighted by Crippen LogP contribution is -2.05. The minimum absolute atomic E-state index is 0.0778. The van der Waals surface area contributed by atoms with Gasteiger partial charge in [-0.2, -0.15) is 13.2 Å². The molecule has 2 aromatic carbocycles. The number of nitrogens with zero attached hydrogens (tertiary/aromatic N) is 1. The minimum atomic E-state index is -4.51. The third-order valence-corrected chi connectivity index (χ3v) is 2.84. The highest BCUT2D eigenvalue weighted by molar-refractivity contribution is 5.65. The Hall–Kier alpha value is -2.74. The van der Waals surface area contributed by atoms with Gasteiger partial charge in [-0.3, -0.25) is 10.7 Å². The number of aliphatic imine (C=N–C) groups is 1. The number of hydroxylamine groups is 1. The van der Waals surface area contributed by atoms with E-state index in [1.165, 1.54) is 7.11 Å². The molecule has 0 unspecified atom stereocenters. The maximum atomic E-state index is 12.8. The molecule has 5 nitrogen and oxygen atoms in total. The summed E-state index contributed by atoms with van der Waals surface area (Å²) < 4.78 is 49.1. The normalized spacial score (nSPS) is 11.5. The molecule has 0 spiro atoms. The van der Waals surface area contributed by atoms with Crippen molar-refractivity contribution in [3.05, 3.63) is 48.0 Å². The number of hydrogen-bond donors (Lipinski definition) is 2. The number of halogens is 3. The van der Waals surface area contributed by atoms with Gasteiger partial charge in [-0.15, -0.1) is 0 Å². The zero-order chi connectivity index (χ0) is 16.9. The van der Waals surface area contributed by atoms with Crippen LogP contribution in [0.25, 0.3) is 0 Å². The second-order valence-electron chi connectivity index (χ2n) is 4.32. The maximum absolute atomic E-state index is 12.8. The van der Waals surface area contributed by atoms with E-state index in [9.17, 15) is 13.2 Å². The number of para-hydroxylation sites is 2. The summed E-state index contributed by atoms with van der Waals surface area (Å²) in [5, 5.41) is 8.54. The van der Waals surface area contributed by atoms with E-state index in [0.717, 1.165) is 24.5 Å². The van der Waals surface area contributed by atoms with Gasteiger partial charge in [0.2, 0.25) is 0 Å². The second-order valence-corrected chi connectivity index (χ2v) is 4.32. The summed E-state index contributed by atoms with van der Waals surface area (Å²) in [5.74, 6) is 0.819. The van der Waals surface area contributed by atoms with Gasteiger partial charge in [0.05, 0.1) is 12.7 Å². The van der Waals surface area contributed by atoms with Crippen molar-refractivity contribution in [2.45, 2.75) is 6.18 Å². The van der Waals surface area contributed by atoms with Crippen LogP contribution in [0, 0.1) is 0 Å². The van der Waals surface area contributed by atoms with Gasteiger partial charge < -0.3 is 9.47 Å². The van der Waals surface area contributed by atoms with Crippen LogP contribution < -0.4 is 15.0 Å². The molecule has 0 saturated carbocycles. The van der Waals surface area contributed by atoms with Gasteiger partial charge in [0.25, 0.3) is 0 Å². The van der Waals surface area contributed by atoms with Crippen molar-refractivity contribution < 1.29 is 27.9 Å². The molecule has 8 heteroatoms. The summed E-state index contributed by atoms with van der Waals surface area (Å²) in [5.41, 5.74) is 0.651. The second kappa shape index (κ2) is 7.01. The Kier molecular flexibility index (Phi) is 5.07. The Morgan fingerprint density at radius 1 is 1.09 bits per heavy atom. The molecular formula is C15H13F3N2O3. The largest absolute Gasteiger partial charge is 0.493 e. The molecule has 0 heterocycles. The third kappa shape index (κ3) is 4.13. The predicted octanol–water partition coefficient (Wildman–Crippen LogP) is 4.14. The Labute approximate surface area is 130 Å². The van der Waals surface area contributed by atoms with E-state index >= 15 is 0 Å². The van der Waals surface area contributed by atoms with Crippen LogP contribution in [0.1, 0.15) is 5.56 Å². The van der Waals surface area contributed by atoms with Gasteiger partial charge in [-0.25, -0.2) is 4.99 Å². The average Bonchev–Trinajstić information content (AvgIpc) is 2.53. The molecule has 2 rings (SSSR count). The fraction of sp³-hybridized carbons (Fsp3) is 0.133. The summed E-state index contributed by atoms with van der Waals surface area (Å²) in [6.45, 7) is 0. The quantitative estimate of drug-likeness (QED) is 0.492. The van der Waals surface area contributed by atoms with Crippen LogP contribution in [0.4, 0.5) is 18.9 Å². The first kappa shape index (κ1) is 16.6. The molecule has 0 aliphatic rings. The molecule has 0 fully saturated rings. The Morgan fingerprint density at radius 2 is 1.78 bits per heavy atom. The number of nitrogens with one attached hydrogen (secondary N) is 1. The van der Waals surface area contributed by atoms with Crippen molar-refractivity contribution in [2.24, 2.45) is 4.99 Å². The molecule has 0 aliphatic heterocycles. The summed E-state index contributed by atoms with van der Waals surface area (Å²) in [6.07, 6.45) is -3.68. The molecule has 0 radical (unpaired) electrons. The van der Waals surface area contributed by atoms with Crippen LogP contribution >= 0.6 is 0 Å². The van der Waals surface area contributed by atoms with Crippen molar-refractivity contribution in [3.8, 4) is 17.2 Å².